The summed E-state index contributed by atoms with van der Waals surface area (Å²) in [5.41, 5.74) is 7.52. The molecule has 0 bridgehead atoms. The van der Waals surface area contributed by atoms with Crippen molar-refractivity contribution in [3.05, 3.63) is 58.2 Å². The lowest BCUT2D eigenvalue weighted by Gasteiger charge is -2.22. The first-order valence-corrected chi connectivity index (χ1v) is 17.1. The molecule has 2 aromatic heterocycles. The van der Waals surface area contributed by atoms with Crippen molar-refractivity contribution in [2.75, 3.05) is 59.7 Å². The van der Waals surface area contributed by atoms with Crippen LogP contribution < -0.4 is 0 Å². The summed E-state index contributed by atoms with van der Waals surface area (Å²) in [6.45, 7) is 17.8. The predicted octanol–water partition coefficient (Wildman–Crippen LogP) is 5.61. The Hall–Kier alpha value is -1.94. The average Bonchev–Trinajstić information content (AvgIpc) is 3.84. The summed E-state index contributed by atoms with van der Waals surface area (Å²) in [6, 6.07) is 9.07. The van der Waals surface area contributed by atoms with E-state index in [9.17, 15) is 0 Å². The normalized spacial score (nSPS) is 28.3. The van der Waals surface area contributed by atoms with Gasteiger partial charge in [-0.1, -0.05) is 39.8 Å². The zero-order valence-electron chi connectivity index (χ0n) is 27.7. The fraction of sp³-hybridized carbons (Fsp3) is 0.722. The van der Waals surface area contributed by atoms with Gasteiger partial charge in [-0.05, 0) is 60.8 Å². The molecule has 2 aromatic rings. The number of nitrogens with zero attached hydrogens (tertiary/aromatic N) is 4. The molecule has 0 spiro atoms. The number of ether oxygens (including phenoxy) is 4. The van der Waals surface area contributed by atoms with E-state index in [4.69, 9.17) is 28.9 Å². The number of rotatable bonds is 12. The van der Waals surface area contributed by atoms with E-state index in [1.165, 1.54) is 33.9 Å². The van der Waals surface area contributed by atoms with E-state index < -0.39 is 0 Å². The highest BCUT2D eigenvalue weighted by molar-refractivity contribution is 5.30. The quantitative estimate of drug-likeness (QED) is 0.309. The van der Waals surface area contributed by atoms with Gasteiger partial charge in [0.25, 0.3) is 0 Å². The Morgan fingerprint density at radius 1 is 0.795 bits per heavy atom. The van der Waals surface area contributed by atoms with Crippen LogP contribution in [0.2, 0.25) is 0 Å². The summed E-state index contributed by atoms with van der Waals surface area (Å²) >= 11 is 0. The zero-order chi connectivity index (χ0) is 30.6. The van der Waals surface area contributed by atoms with E-state index in [0.29, 0.717) is 36.4 Å². The van der Waals surface area contributed by atoms with E-state index >= 15 is 0 Å². The Bertz CT molecular complexity index is 1230. The van der Waals surface area contributed by atoms with Crippen LogP contribution in [0.5, 0.6) is 0 Å². The van der Waals surface area contributed by atoms with Crippen molar-refractivity contribution in [3.63, 3.8) is 0 Å². The predicted molar refractivity (Wildman–Crippen MR) is 172 cm³/mol. The third-order valence-corrected chi connectivity index (χ3v) is 10.2. The maximum Gasteiger partial charge on any atom is 0.0815 e. The van der Waals surface area contributed by atoms with Gasteiger partial charge in [0.15, 0.2) is 0 Å². The smallest absolute Gasteiger partial charge is 0.0815 e. The van der Waals surface area contributed by atoms with Crippen LogP contribution in [0.15, 0.2) is 24.3 Å². The first kappa shape index (κ1) is 32.0. The topological polar surface area (TPSA) is 69.2 Å². The largest absolute Gasteiger partial charge is 0.381 e. The summed E-state index contributed by atoms with van der Waals surface area (Å²) in [6.07, 6.45) is 4.95. The maximum atomic E-state index is 6.50. The Morgan fingerprint density at radius 2 is 1.41 bits per heavy atom. The van der Waals surface area contributed by atoms with Crippen LogP contribution in [0.3, 0.4) is 0 Å². The second-order valence-electron chi connectivity index (χ2n) is 14.2. The second-order valence-corrected chi connectivity index (χ2v) is 14.2. The van der Waals surface area contributed by atoms with Crippen LogP contribution >= 0.6 is 0 Å². The molecule has 8 nitrogen and oxygen atoms in total. The lowest BCUT2D eigenvalue weighted by molar-refractivity contribution is -0.0167. The molecule has 4 aliphatic heterocycles. The summed E-state index contributed by atoms with van der Waals surface area (Å²) in [5, 5.41) is 0. The first-order valence-electron chi connectivity index (χ1n) is 17.1. The molecule has 8 heteroatoms. The molecule has 0 saturated carbocycles. The van der Waals surface area contributed by atoms with Gasteiger partial charge in [-0.25, -0.2) is 0 Å². The minimum Gasteiger partial charge on any atom is -0.381 e. The lowest BCUT2D eigenvalue weighted by Crippen LogP contribution is -2.27. The first-order chi connectivity index (χ1) is 21.4. The van der Waals surface area contributed by atoms with Gasteiger partial charge in [0, 0.05) is 76.2 Å². The Labute approximate surface area is 264 Å². The standard InChI is InChI=1S/C36H54N4O4/c1-24(2)33-8-6-31(26-12-15-42-21-26)35(37-33)19-40-14-11-29(18-40)44-23-30-16-27(22-43-30)32-7-9-34(25(3)4)38-36(32)20-39-13-10-28(17-39)41-5/h6-9,24-30H,10-23H2,1-5H3/t26?,27?,28?,29-,30?/m0/s1. The molecule has 6 heterocycles. The van der Waals surface area contributed by atoms with Crippen molar-refractivity contribution in [2.45, 2.75) is 108 Å². The summed E-state index contributed by atoms with van der Waals surface area (Å²) in [5.74, 6) is 1.68. The minimum absolute atomic E-state index is 0.134. The third kappa shape index (κ3) is 7.71. The number of hydrogen-bond donors (Lipinski definition) is 0. The Morgan fingerprint density at radius 3 is 1.98 bits per heavy atom. The molecule has 0 aliphatic carbocycles. The molecular weight excluding hydrogens is 552 g/mol. The van der Waals surface area contributed by atoms with Crippen molar-refractivity contribution < 1.29 is 18.9 Å². The van der Waals surface area contributed by atoms with Gasteiger partial charge in [0.1, 0.15) is 0 Å². The molecule has 4 fully saturated rings. The van der Waals surface area contributed by atoms with Crippen molar-refractivity contribution in [1.82, 2.24) is 19.8 Å². The van der Waals surface area contributed by atoms with Crippen molar-refractivity contribution in [3.8, 4) is 0 Å². The van der Waals surface area contributed by atoms with E-state index in [2.05, 4.69) is 61.8 Å². The number of hydrogen-bond acceptors (Lipinski definition) is 8. The van der Waals surface area contributed by atoms with Crippen molar-refractivity contribution in [1.29, 1.82) is 0 Å². The third-order valence-electron chi connectivity index (χ3n) is 10.2. The van der Waals surface area contributed by atoms with Gasteiger partial charge in [-0.3, -0.25) is 19.8 Å². The summed E-state index contributed by atoms with van der Waals surface area (Å²) < 4.78 is 24.2. The van der Waals surface area contributed by atoms with Gasteiger partial charge in [0.05, 0.1) is 49.5 Å². The SMILES string of the molecule is COC1CCN(Cc2nc(C(C)C)ccc2C2COC(CO[C@H]3CCN(Cc4nc(C(C)C)ccc4C4CCOC4)C3)C2)C1. The molecule has 4 saturated heterocycles. The molecule has 4 aliphatic rings. The molecule has 5 atom stereocenters. The van der Waals surface area contributed by atoms with Gasteiger partial charge >= 0.3 is 0 Å². The fourth-order valence-corrected chi connectivity index (χ4v) is 7.39. The molecule has 44 heavy (non-hydrogen) atoms. The van der Waals surface area contributed by atoms with E-state index in [1.54, 1.807) is 0 Å². The van der Waals surface area contributed by atoms with Crippen LogP contribution in [0.1, 0.15) is 111 Å². The highest BCUT2D eigenvalue weighted by Gasteiger charge is 2.33. The minimum atomic E-state index is 0.134. The monoisotopic (exact) mass is 606 g/mol. The van der Waals surface area contributed by atoms with Gasteiger partial charge in [-0.15, -0.1) is 0 Å². The van der Waals surface area contributed by atoms with Crippen molar-refractivity contribution >= 4 is 0 Å². The van der Waals surface area contributed by atoms with Gasteiger partial charge in [-0.2, -0.15) is 0 Å². The number of methoxy groups -OCH3 is 1. The molecule has 0 aromatic carbocycles. The lowest BCUT2D eigenvalue weighted by atomic mass is 9.93. The maximum absolute atomic E-state index is 6.50. The molecule has 0 N–H and O–H groups in total. The highest BCUT2D eigenvalue weighted by Crippen LogP contribution is 2.34. The average molecular weight is 607 g/mol. The molecule has 242 valence electrons. The van der Waals surface area contributed by atoms with E-state index in [-0.39, 0.29) is 12.2 Å². The molecular formula is C36H54N4O4. The molecule has 0 amide bonds. The van der Waals surface area contributed by atoms with Crippen LogP contribution in [0.25, 0.3) is 0 Å². The van der Waals surface area contributed by atoms with Crippen LogP contribution in [0.4, 0.5) is 0 Å². The van der Waals surface area contributed by atoms with E-state index in [1.807, 2.05) is 7.11 Å². The van der Waals surface area contributed by atoms with Crippen molar-refractivity contribution in [2.24, 2.45) is 0 Å². The summed E-state index contributed by atoms with van der Waals surface area (Å²) in [7, 11) is 1.82. The molecule has 4 unspecified atom stereocenters. The second kappa shape index (κ2) is 14.7. The summed E-state index contributed by atoms with van der Waals surface area (Å²) in [4.78, 5) is 15.3. The number of aromatic nitrogens is 2. The van der Waals surface area contributed by atoms with Gasteiger partial charge in [0.2, 0.25) is 0 Å². The molecule has 0 radical (unpaired) electrons. The van der Waals surface area contributed by atoms with Crippen LogP contribution in [-0.4, -0.2) is 97.8 Å². The van der Waals surface area contributed by atoms with E-state index in [0.717, 1.165) is 84.8 Å². The molecule has 6 rings (SSSR count). The highest BCUT2D eigenvalue weighted by atomic mass is 16.5. The zero-order valence-corrected chi connectivity index (χ0v) is 27.7. The van der Waals surface area contributed by atoms with Crippen LogP contribution in [-0.2, 0) is 32.0 Å². The van der Waals surface area contributed by atoms with Gasteiger partial charge < -0.3 is 18.9 Å². The Balaban J connectivity index is 1.03. The fourth-order valence-electron chi connectivity index (χ4n) is 7.39. The number of pyridine rings is 2. The Kier molecular flexibility index (Phi) is 10.7. The number of likely N-dealkylation sites (tertiary alicyclic amines) is 2. The van der Waals surface area contributed by atoms with Crippen LogP contribution in [0, 0.1) is 0 Å².